The Bertz CT molecular complexity index is 757. The van der Waals surface area contributed by atoms with Crippen molar-refractivity contribution in [1.29, 1.82) is 0 Å². The van der Waals surface area contributed by atoms with Crippen molar-refractivity contribution in [3.05, 3.63) is 58.5 Å². The van der Waals surface area contributed by atoms with E-state index in [-0.39, 0.29) is 5.56 Å². The van der Waals surface area contributed by atoms with Crippen LogP contribution in [0.2, 0.25) is 0 Å². The first-order valence-electron chi connectivity index (χ1n) is 8.79. The lowest BCUT2D eigenvalue weighted by molar-refractivity contribution is 0.254. The van der Waals surface area contributed by atoms with Crippen LogP contribution in [0.25, 0.3) is 0 Å². The van der Waals surface area contributed by atoms with Crippen LogP contribution >= 0.6 is 0 Å². The Balaban J connectivity index is 1.53. The molecule has 0 radical (unpaired) electrons. The maximum atomic E-state index is 12.5. The maximum Gasteiger partial charge on any atom is 0.269 e. The number of fused-ring (bicyclic) bond motifs is 2. The van der Waals surface area contributed by atoms with Gasteiger partial charge in [0.1, 0.15) is 0 Å². The Labute approximate surface area is 142 Å². The molecule has 2 unspecified atom stereocenters. The molecule has 0 saturated carbocycles. The Hall–Kier alpha value is -2.14. The summed E-state index contributed by atoms with van der Waals surface area (Å²) in [5, 5.41) is 4.41. The molecule has 2 aromatic rings. The van der Waals surface area contributed by atoms with Crippen LogP contribution in [0.5, 0.6) is 0 Å². The lowest BCUT2D eigenvalue weighted by Gasteiger charge is -2.27. The fraction of sp³-hybridized carbons (Fsp3) is 0.474. The molecule has 2 bridgehead atoms. The van der Waals surface area contributed by atoms with Gasteiger partial charge in [-0.2, -0.15) is 5.10 Å². The highest BCUT2D eigenvalue weighted by Gasteiger charge is 2.34. The molecule has 1 aromatic heterocycles. The van der Waals surface area contributed by atoms with Crippen molar-refractivity contribution in [2.45, 2.75) is 37.9 Å². The van der Waals surface area contributed by atoms with E-state index in [0.717, 1.165) is 24.3 Å². The van der Waals surface area contributed by atoms with Crippen molar-refractivity contribution in [3.8, 4) is 0 Å². The second kappa shape index (κ2) is 6.40. The molecule has 24 heavy (non-hydrogen) atoms. The van der Waals surface area contributed by atoms with Gasteiger partial charge >= 0.3 is 0 Å². The molecule has 2 fully saturated rings. The van der Waals surface area contributed by atoms with Crippen LogP contribution in [0.15, 0.2) is 47.4 Å². The number of hydrogen-bond donors (Lipinski definition) is 0. The third-order valence-electron chi connectivity index (χ3n) is 5.54. The van der Waals surface area contributed by atoms with Gasteiger partial charge in [0.15, 0.2) is 0 Å². The molecule has 2 aliphatic heterocycles. The normalized spacial score (nSPS) is 24.1. The minimum atomic E-state index is -0.0286. The summed E-state index contributed by atoms with van der Waals surface area (Å²) in [7, 11) is 2.24. The first kappa shape index (κ1) is 15.4. The Morgan fingerprint density at radius 2 is 1.92 bits per heavy atom. The van der Waals surface area contributed by atoms with E-state index in [1.54, 1.807) is 6.07 Å². The molecule has 2 aliphatic rings. The molecule has 2 atom stereocenters. The topological polar surface area (TPSA) is 41.4 Å². The maximum absolute atomic E-state index is 12.5. The summed E-state index contributed by atoms with van der Waals surface area (Å²) in [6.07, 6.45) is 5.59. The molecule has 4 rings (SSSR count). The summed E-state index contributed by atoms with van der Waals surface area (Å²) in [6.45, 7) is 2.53. The number of hydrogen-bond acceptors (Lipinski definition) is 4. The monoisotopic (exact) mass is 324 g/mol. The predicted molar refractivity (Wildman–Crippen MR) is 95.4 cm³/mol. The van der Waals surface area contributed by atoms with Crippen LogP contribution in [0.4, 0.5) is 5.69 Å². The van der Waals surface area contributed by atoms with Gasteiger partial charge in [0.25, 0.3) is 5.56 Å². The number of rotatable bonds is 3. The third kappa shape index (κ3) is 2.96. The van der Waals surface area contributed by atoms with Crippen molar-refractivity contribution in [2.75, 3.05) is 25.0 Å². The summed E-state index contributed by atoms with van der Waals surface area (Å²) >= 11 is 0. The number of nitrogens with zero attached hydrogens (tertiary/aromatic N) is 4. The van der Waals surface area contributed by atoms with Crippen molar-refractivity contribution in [3.63, 3.8) is 0 Å². The number of benzene rings is 1. The lowest BCUT2D eigenvalue weighted by atomic mass is 10.1. The van der Waals surface area contributed by atoms with Crippen LogP contribution in [-0.2, 0) is 6.54 Å². The second-order valence-corrected chi connectivity index (χ2v) is 6.98. The smallest absolute Gasteiger partial charge is 0.269 e. The highest BCUT2D eigenvalue weighted by Crippen LogP contribution is 2.30. The van der Waals surface area contributed by atoms with Gasteiger partial charge in [-0.3, -0.25) is 9.69 Å². The first-order valence-corrected chi connectivity index (χ1v) is 8.79. The predicted octanol–water partition coefficient (Wildman–Crippen LogP) is 1.96. The van der Waals surface area contributed by atoms with Crippen LogP contribution < -0.4 is 10.5 Å². The van der Waals surface area contributed by atoms with Gasteiger partial charge in [0.2, 0.25) is 0 Å². The molecule has 0 amide bonds. The zero-order chi connectivity index (χ0) is 16.5. The first-order chi connectivity index (χ1) is 11.7. The van der Waals surface area contributed by atoms with Crippen molar-refractivity contribution in [2.24, 2.45) is 0 Å². The minimum absolute atomic E-state index is 0.0286. The molecule has 0 N–H and O–H groups in total. The van der Waals surface area contributed by atoms with Crippen LogP contribution in [0.1, 0.15) is 24.8 Å². The fourth-order valence-electron chi connectivity index (χ4n) is 4.02. The van der Waals surface area contributed by atoms with E-state index in [2.05, 4.69) is 21.9 Å². The molecular formula is C19H24N4O. The van der Waals surface area contributed by atoms with E-state index in [0.29, 0.717) is 18.6 Å². The Morgan fingerprint density at radius 1 is 1.12 bits per heavy atom. The summed E-state index contributed by atoms with van der Waals surface area (Å²) in [5.41, 5.74) is 2.03. The van der Waals surface area contributed by atoms with Gasteiger partial charge in [-0.15, -0.1) is 0 Å². The van der Waals surface area contributed by atoms with Gasteiger partial charge in [-0.25, -0.2) is 4.68 Å². The molecule has 126 valence electrons. The summed E-state index contributed by atoms with van der Waals surface area (Å²) in [6, 6.07) is 13.0. The number of aromatic nitrogens is 2. The van der Waals surface area contributed by atoms with E-state index < -0.39 is 0 Å². The van der Waals surface area contributed by atoms with Crippen molar-refractivity contribution < 1.29 is 0 Å². The van der Waals surface area contributed by atoms with E-state index in [1.807, 2.05) is 36.5 Å². The Morgan fingerprint density at radius 3 is 2.71 bits per heavy atom. The summed E-state index contributed by atoms with van der Waals surface area (Å²) < 4.78 is 1.54. The SMILES string of the molecule is CN1C2CCC1CN(c1cnn(Cc3ccccc3)c(=O)c1)CC2. The Kier molecular flexibility index (Phi) is 4.10. The van der Waals surface area contributed by atoms with Crippen LogP contribution in [0.3, 0.4) is 0 Å². The fourth-order valence-corrected chi connectivity index (χ4v) is 4.02. The highest BCUT2D eigenvalue weighted by molar-refractivity contribution is 5.43. The average molecular weight is 324 g/mol. The largest absolute Gasteiger partial charge is 0.368 e. The zero-order valence-electron chi connectivity index (χ0n) is 14.1. The lowest BCUT2D eigenvalue weighted by Crippen LogP contribution is -2.37. The molecule has 2 saturated heterocycles. The van der Waals surface area contributed by atoms with E-state index in [9.17, 15) is 4.79 Å². The van der Waals surface area contributed by atoms with Gasteiger partial charge < -0.3 is 4.90 Å². The average Bonchev–Trinajstić information content (AvgIpc) is 2.83. The number of likely N-dealkylation sites (N-methyl/N-ethyl adjacent to an activating group) is 1. The van der Waals surface area contributed by atoms with E-state index in [4.69, 9.17) is 0 Å². The molecule has 3 heterocycles. The molecular weight excluding hydrogens is 300 g/mol. The molecule has 0 spiro atoms. The highest BCUT2D eigenvalue weighted by atomic mass is 16.1. The van der Waals surface area contributed by atoms with Crippen LogP contribution in [0, 0.1) is 0 Å². The quantitative estimate of drug-likeness (QED) is 0.865. The second-order valence-electron chi connectivity index (χ2n) is 6.98. The van der Waals surface area contributed by atoms with Crippen LogP contribution in [-0.4, -0.2) is 46.9 Å². The molecule has 5 heteroatoms. The molecule has 5 nitrogen and oxygen atoms in total. The summed E-state index contributed by atoms with van der Waals surface area (Å²) in [4.78, 5) is 17.3. The summed E-state index contributed by atoms with van der Waals surface area (Å²) in [5.74, 6) is 0. The number of anilines is 1. The molecule has 1 aromatic carbocycles. The standard InChI is InChI=1S/C19H24N4O/c1-21-16-7-8-17(21)14-22(10-9-16)18-11-19(24)23(20-12-18)13-15-5-3-2-4-6-15/h2-6,11-12,16-17H,7-10,13-14H2,1H3. The minimum Gasteiger partial charge on any atom is -0.368 e. The van der Waals surface area contributed by atoms with Crippen molar-refractivity contribution >= 4 is 5.69 Å². The molecule has 0 aliphatic carbocycles. The zero-order valence-corrected chi connectivity index (χ0v) is 14.1. The third-order valence-corrected chi connectivity index (χ3v) is 5.54. The van der Waals surface area contributed by atoms with Crippen molar-refractivity contribution in [1.82, 2.24) is 14.7 Å². The van der Waals surface area contributed by atoms with Gasteiger partial charge in [-0.05, 0) is 31.9 Å². The van der Waals surface area contributed by atoms with Gasteiger partial charge in [-0.1, -0.05) is 30.3 Å². The van der Waals surface area contributed by atoms with E-state index in [1.165, 1.54) is 23.9 Å². The van der Waals surface area contributed by atoms with Gasteiger partial charge in [0, 0.05) is 31.2 Å². The van der Waals surface area contributed by atoms with Gasteiger partial charge in [0.05, 0.1) is 18.4 Å². The van der Waals surface area contributed by atoms with E-state index >= 15 is 0 Å².